The van der Waals surface area contributed by atoms with E-state index in [1.807, 2.05) is 43.3 Å². The molecule has 0 aliphatic heterocycles. The van der Waals surface area contributed by atoms with Gasteiger partial charge in [0.2, 0.25) is 5.95 Å². The zero-order chi connectivity index (χ0) is 17.4. The predicted octanol–water partition coefficient (Wildman–Crippen LogP) is 3.91. The van der Waals surface area contributed by atoms with E-state index in [4.69, 9.17) is 5.73 Å². The van der Waals surface area contributed by atoms with E-state index in [1.165, 1.54) is 0 Å². The van der Waals surface area contributed by atoms with E-state index in [2.05, 4.69) is 15.3 Å². The highest BCUT2D eigenvalue weighted by Gasteiger charge is 2.25. The van der Waals surface area contributed by atoms with Crippen LogP contribution in [0.2, 0.25) is 0 Å². The van der Waals surface area contributed by atoms with Crippen LogP contribution in [0.3, 0.4) is 0 Å². The smallest absolute Gasteiger partial charge is 0.227 e. The summed E-state index contributed by atoms with van der Waals surface area (Å²) in [6.07, 6.45) is 2.94. The zero-order valence-corrected chi connectivity index (χ0v) is 13.9. The van der Waals surface area contributed by atoms with E-state index in [-0.39, 0.29) is 5.78 Å². The van der Waals surface area contributed by atoms with Crippen LogP contribution in [0.1, 0.15) is 27.9 Å². The quantitative estimate of drug-likeness (QED) is 0.712. The summed E-state index contributed by atoms with van der Waals surface area (Å²) < 4.78 is 0. The minimum Gasteiger partial charge on any atom is -0.398 e. The Morgan fingerprint density at radius 1 is 1.12 bits per heavy atom. The largest absolute Gasteiger partial charge is 0.398 e. The second kappa shape index (κ2) is 6.02. The normalized spacial score (nSPS) is 12.9. The topological polar surface area (TPSA) is 80.9 Å². The van der Waals surface area contributed by atoms with E-state index in [9.17, 15) is 4.79 Å². The fourth-order valence-corrected chi connectivity index (χ4v) is 3.28. The maximum absolute atomic E-state index is 12.1. The monoisotopic (exact) mass is 330 g/mol. The molecule has 1 aromatic heterocycles. The summed E-state index contributed by atoms with van der Waals surface area (Å²) in [6, 6.07) is 13.6. The molecule has 0 unspecified atom stereocenters. The number of nitrogen functional groups attached to an aromatic ring is 1. The number of ketones is 1. The highest BCUT2D eigenvalue weighted by molar-refractivity contribution is 6.06. The molecule has 0 bridgehead atoms. The van der Waals surface area contributed by atoms with Crippen LogP contribution in [0.25, 0.3) is 11.3 Å². The van der Waals surface area contributed by atoms with E-state index in [0.717, 1.165) is 28.1 Å². The van der Waals surface area contributed by atoms with Gasteiger partial charge < -0.3 is 11.1 Å². The van der Waals surface area contributed by atoms with Crippen LogP contribution >= 0.6 is 0 Å². The number of Topliss-reactive ketones (excluding diaryl/α,β-unsaturated/α-hetero) is 1. The fraction of sp³-hybridized carbons (Fsp3) is 0.150. The molecule has 0 saturated carbocycles. The molecule has 1 aliphatic carbocycles. The Kier molecular flexibility index (Phi) is 3.69. The van der Waals surface area contributed by atoms with E-state index in [1.54, 1.807) is 12.3 Å². The van der Waals surface area contributed by atoms with Crippen molar-refractivity contribution in [3.05, 3.63) is 65.4 Å². The van der Waals surface area contributed by atoms with Crippen molar-refractivity contribution in [1.82, 2.24) is 9.97 Å². The third-order valence-corrected chi connectivity index (χ3v) is 4.43. The van der Waals surface area contributed by atoms with Crippen molar-refractivity contribution in [1.29, 1.82) is 0 Å². The molecule has 124 valence electrons. The third-order valence-electron chi connectivity index (χ3n) is 4.43. The molecule has 0 amide bonds. The van der Waals surface area contributed by atoms with Gasteiger partial charge in [0.25, 0.3) is 0 Å². The number of nitrogens with two attached hydrogens (primary N) is 1. The number of hydrogen-bond donors (Lipinski definition) is 2. The number of hydrogen-bond acceptors (Lipinski definition) is 5. The Morgan fingerprint density at radius 2 is 2.00 bits per heavy atom. The predicted molar refractivity (Wildman–Crippen MR) is 99.0 cm³/mol. The summed E-state index contributed by atoms with van der Waals surface area (Å²) in [5, 5.41) is 3.23. The maximum Gasteiger partial charge on any atom is 0.227 e. The molecule has 1 aliphatic rings. The molecule has 25 heavy (non-hydrogen) atoms. The fourth-order valence-electron chi connectivity index (χ4n) is 3.28. The summed E-state index contributed by atoms with van der Waals surface area (Å²) in [5.41, 5.74) is 12.0. The lowest BCUT2D eigenvalue weighted by Gasteiger charge is -2.11. The van der Waals surface area contributed by atoms with Gasteiger partial charge in [-0.1, -0.05) is 18.2 Å². The molecule has 0 fully saturated rings. The van der Waals surface area contributed by atoms with Crippen LogP contribution in [-0.2, 0) is 6.42 Å². The molecule has 4 rings (SSSR count). The Labute approximate surface area is 145 Å². The lowest BCUT2D eigenvalue weighted by Crippen LogP contribution is -2.02. The van der Waals surface area contributed by atoms with Gasteiger partial charge in [-0.15, -0.1) is 0 Å². The Bertz CT molecular complexity index is 981. The number of aromatic nitrogens is 2. The minimum absolute atomic E-state index is 0.113. The van der Waals surface area contributed by atoms with Gasteiger partial charge in [0.1, 0.15) is 0 Å². The van der Waals surface area contributed by atoms with Crippen LogP contribution in [0.4, 0.5) is 17.3 Å². The number of nitrogens with zero attached hydrogens (tertiary/aromatic N) is 2. The highest BCUT2D eigenvalue weighted by atomic mass is 16.1. The molecule has 5 nitrogen and oxygen atoms in total. The SMILES string of the molecule is Cc1cccc(Nc2nccc(-c3ccc(N)c4c3CCC4=O)n2)c1. The molecule has 0 atom stereocenters. The van der Waals surface area contributed by atoms with Gasteiger partial charge >= 0.3 is 0 Å². The number of carbonyl (C=O) groups excluding carboxylic acids is 1. The maximum atomic E-state index is 12.1. The van der Waals surface area contributed by atoms with Crippen molar-refractivity contribution in [2.75, 3.05) is 11.1 Å². The summed E-state index contributed by atoms with van der Waals surface area (Å²) in [7, 11) is 0. The number of rotatable bonds is 3. The molecule has 0 saturated heterocycles. The Morgan fingerprint density at radius 3 is 2.84 bits per heavy atom. The van der Waals surface area contributed by atoms with Crippen LogP contribution in [0.15, 0.2) is 48.7 Å². The van der Waals surface area contributed by atoms with Gasteiger partial charge in [0, 0.05) is 35.1 Å². The average molecular weight is 330 g/mol. The molecule has 5 heteroatoms. The molecular weight excluding hydrogens is 312 g/mol. The van der Waals surface area contributed by atoms with Gasteiger partial charge in [0.15, 0.2) is 5.78 Å². The van der Waals surface area contributed by atoms with Crippen molar-refractivity contribution in [2.24, 2.45) is 0 Å². The molecule has 3 N–H and O–H groups in total. The summed E-state index contributed by atoms with van der Waals surface area (Å²) in [6.45, 7) is 2.04. The summed E-state index contributed by atoms with van der Waals surface area (Å²) in [4.78, 5) is 21.0. The van der Waals surface area contributed by atoms with Crippen molar-refractivity contribution in [3.63, 3.8) is 0 Å². The van der Waals surface area contributed by atoms with Crippen LogP contribution in [0, 0.1) is 6.92 Å². The average Bonchev–Trinajstić information content (AvgIpc) is 2.98. The van der Waals surface area contributed by atoms with Gasteiger partial charge in [-0.05, 0) is 48.7 Å². The number of anilines is 3. The third kappa shape index (κ3) is 2.85. The van der Waals surface area contributed by atoms with Gasteiger partial charge in [-0.25, -0.2) is 9.97 Å². The number of aryl methyl sites for hydroxylation is 1. The Hall–Kier alpha value is -3.21. The molecule has 1 heterocycles. The first-order valence-corrected chi connectivity index (χ1v) is 8.23. The standard InChI is InChI=1S/C20H18N4O/c1-12-3-2-4-13(11-12)23-20-22-10-9-17(24-20)14-5-7-16(21)19-15(14)6-8-18(19)25/h2-5,7,9-11H,6,8,21H2,1H3,(H,22,23,24). The minimum atomic E-state index is 0.113. The van der Waals surface area contributed by atoms with Crippen molar-refractivity contribution < 1.29 is 4.79 Å². The van der Waals surface area contributed by atoms with Crippen molar-refractivity contribution in [3.8, 4) is 11.3 Å². The lowest BCUT2D eigenvalue weighted by atomic mass is 9.99. The molecule has 0 radical (unpaired) electrons. The van der Waals surface area contributed by atoms with Crippen LogP contribution < -0.4 is 11.1 Å². The van der Waals surface area contributed by atoms with Crippen LogP contribution in [0.5, 0.6) is 0 Å². The van der Waals surface area contributed by atoms with Crippen molar-refractivity contribution >= 4 is 23.1 Å². The van der Waals surface area contributed by atoms with E-state index < -0.39 is 0 Å². The van der Waals surface area contributed by atoms with Gasteiger partial charge in [0.05, 0.1) is 5.69 Å². The highest BCUT2D eigenvalue weighted by Crippen LogP contribution is 2.35. The second-order valence-electron chi connectivity index (χ2n) is 6.24. The number of nitrogens with one attached hydrogen (secondary N) is 1. The first kappa shape index (κ1) is 15.3. The number of benzene rings is 2. The molecule has 3 aromatic rings. The van der Waals surface area contributed by atoms with Crippen LogP contribution in [-0.4, -0.2) is 15.8 Å². The summed E-state index contributed by atoms with van der Waals surface area (Å²) in [5.74, 6) is 0.638. The van der Waals surface area contributed by atoms with Gasteiger partial charge in [-0.2, -0.15) is 0 Å². The van der Waals surface area contributed by atoms with E-state index in [0.29, 0.717) is 30.0 Å². The zero-order valence-electron chi connectivity index (χ0n) is 13.9. The lowest BCUT2D eigenvalue weighted by molar-refractivity contribution is 0.0995. The Balaban J connectivity index is 1.72. The number of fused-ring (bicyclic) bond motifs is 1. The van der Waals surface area contributed by atoms with Gasteiger partial charge in [-0.3, -0.25) is 4.79 Å². The van der Waals surface area contributed by atoms with E-state index >= 15 is 0 Å². The summed E-state index contributed by atoms with van der Waals surface area (Å²) >= 11 is 0. The molecule has 2 aromatic carbocycles. The van der Waals surface area contributed by atoms with Crippen molar-refractivity contribution in [2.45, 2.75) is 19.8 Å². The first-order valence-electron chi connectivity index (χ1n) is 8.23. The second-order valence-corrected chi connectivity index (χ2v) is 6.24. The molecule has 0 spiro atoms. The molecular formula is C20H18N4O. The first-order chi connectivity index (χ1) is 12.1. The number of carbonyl (C=O) groups is 1.